The molecular formula is C63H118N2O6P+. The first kappa shape index (κ1) is 69.9. The summed E-state index contributed by atoms with van der Waals surface area (Å²) < 4.78 is 23.7. The second-order valence-electron chi connectivity index (χ2n) is 21.7. The summed E-state index contributed by atoms with van der Waals surface area (Å²) >= 11 is 0. The maximum absolute atomic E-state index is 13.0. The minimum absolute atomic E-state index is 0.0558. The first-order chi connectivity index (χ1) is 35.0. The topological polar surface area (TPSA) is 105 Å². The van der Waals surface area contributed by atoms with E-state index in [2.05, 4.69) is 79.9 Å². The van der Waals surface area contributed by atoms with E-state index in [9.17, 15) is 19.4 Å². The van der Waals surface area contributed by atoms with Crippen molar-refractivity contribution in [3.63, 3.8) is 0 Å². The average molecular weight is 1030 g/mol. The van der Waals surface area contributed by atoms with Gasteiger partial charge in [-0.2, -0.15) is 0 Å². The third-order valence-electron chi connectivity index (χ3n) is 13.4. The monoisotopic (exact) mass is 1030 g/mol. The van der Waals surface area contributed by atoms with Crippen LogP contribution >= 0.6 is 7.82 Å². The minimum atomic E-state index is -4.35. The number of unbranched alkanes of at least 4 members (excludes halogenated alkanes) is 32. The molecule has 0 aliphatic carbocycles. The predicted octanol–water partition coefficient (Wildman–Crippen LogP) is 18.7. The molecule has 0 aliphatic rings. The molecule has 0 rings (SSSR count). The zero-order valence-corrected chi connectivity index (χ0v) is 48.8. The predicted molar refractivity (Wildman–Crippen MR) is 313 cm³/mol. The lowest BCUT2D eigenvalue weighted by Gasteiger charge is -2.25. The molecule has 0 radical (unpaired) electrons. The first-order valence-corrected chi connectivity index (χ1v) is 31.8. The van der Waals surface area contributed by atoms with Crippen LogP contribution in [0.1, 0.15) is 271 Å². The summed E-state index contributed by atoms with van der Waals surface area (Å²) in [5.41, 5.74) is 0. The molecule has 420 valence electrons. The summed E-state index contributed by atoms with van der Waals surface area (Å²) in [5.74, 6) is -0.185. The van der Waals surface area contributed by atoms with Crippen molar-refractivity contribution >= 4 is 13.7 Å². The molecule has 8 nitrogen and oxygen atoms in total. The SMILES string of the molecule is CC/C=C\C/C=C\C/C=C\C/C=C\CCCCCCCCCCCCCCCCCCCCCCCCC(=O)NC(COP(=O)(O)OCC[N+](C)(C)C)C(O)/C=C/CC/C=C/CCCCCCCCCCC. The maximum atomic E-state index is 13.0. The Kier molecular flexibility index (Phi) is 52.2. The molecule has 3 atom stereocenters. The molecule has 0 saturated heterocycles. The van der Waals surface area contributed by atoms with E-state index in [4.69, 9.17) is 9.05 Å². The number of aliphatic hydroxyl groups is 1. The standard InChI is InChI=1S/C63H117N2O6P/c1-6-8-10-12-14-16-18-20-22-23-24-25-26-27-28-29-30-31-32-33-34-35-36-37-38-39-40-41-43-45-47-49-51-53-55-57-63(67)64-61(60-71-72(68,69)70-59-58-65(3,4)5)62(66)56-54-52-50-48-46-44-42-21-19-17-15-13-11-9-7-2/h8,10,14,16,20,22,24-25,46,48,54,56,61-62,66H,6-7,9,11-13,15,17-19,21,23,26-45,47,49-53,55,57-60H2,1-5H3,(H-,64,67,68,69)/p+1/b10-8-,16-14-,22-20-,25-24-,48-46+,56-54+. The highest BCUT2D eigenvalue weighted by Gasteiger charge is 2.27. The van der Waals surface area contributed by atoms with E-state index in [1.54, 1.807) is 6.08 Å². The molecule has 0 saturated carbocycles. The van der Waals surface area contributed by atoms with E-state index in [0.717, 1.165) is 64.2 Å². The van der Waals surface area contributed by atoms with Gasteiger partial charge in [-0.25, -0.2) is 4.57 Å². The lowest BCUT2D eigenvalue weighted by Crippen LogP contribution is -2.45. The Morgan fingerprint density at radius 2 is 0.847 bits per heavy atom. The molecule has 3 unspecified atom stereocenters. The van der Waals surface area contributed by atoms with Crippen molar-refractivity contribution in [3.8, 4) is 0 Å². The van der Waals surface area contributed by atoms with Gasteiger partial charge < -0.3 is 19.8 Å². The van der Waals surface area contributed by atoms with Crippen LogP contribution in [-0.2, 0) is 18.4 Å². The van der Waals surface area contributed by atoms with Gasteiger partial charge in [-0.1, -0.05) is 267 Å². The van der Waals surface area contributed by atoms with E-state index in [1.165, 1.54) is 186 Å². The average Bonchev–Trinajstić information content (AvgIpc) is 3.34. The Morgan fingerprint density at radius 3 is 1.28 bits per heavy atom. The number of nitrogens with zero attached hydrogens (tertiary/aromatic N) is 1. The molecule has 0 bridgehead atoms. The number of rotatable bonds is 55. The van der Waals surface area contributed by atoms with E-state index in [-0.39, 0.29) is 19.1 Å². The molecule has 3 N–H and O–H groups in total. The molecule has 0 aliphatic heterocycles. The van der Waals surface area contributed by atoms with E-state index < -0.39 is 20.0 Å². The van der Waals surface area contributed by atoms with Crippen molar-refractivity contribution in [2.45, 2.75) is 283 Å². The van der Waals surface area contributed by atoms with Crippen LogP contribution in [0.5, 0.6) is 0 Å². The lowest BCUT2D eigenvalue weighted by atomic mass is 10.0. The molecule has 0 aromatic rings. The second kappa shape index (κ2) is 53.8. The molecule has 9 heteroatoms. The van der Waals surface area contributed by atoms with Gasteiger partial charge in [0.25, 0.3) is 0 Å². The number of aliphatic hydroxyl groups excluding tert-OH is 1. The zero-order chi connectivity index (χ0) is 52.7. The highest BCUT2D eigenvalue weighted by Crippen LogP contribution is 2.43. The smallest absolute Gasteiger partial charge is 0.387 e. The van der Waals surface area contributed by atoms with Crippen LogP contribution in [-0.4, -0.2) is 73.4 Å². The molecule has 0 aromatic heterocycles. The normalized spacial score (nSPS) is 14.4. The summed E-state index contributed by atoms with van der Waals surface area (Å²) in [5, 5.41) is 13.9. The van der Waals surface area contributed by atoms with Crippen LogP contribution < -0.4 is 5.32 Å². The van der Waals surface area contributed by atoms with Crippen molar-refractivity contribution in [1.82, 2.24) is 5.32 Å². The van der Waals surface area contributed by atoms with E-state index in [1.807, 2.05) is 27.2 Å². The Bertz CT molecular complexity index is 1400. The van der Waals surface area contributed by atoms with Gasteiger partial charge in [0.1, 0.15) is 13.2 Å². The zero-order valence-electron chi connectivity index (χ0n) is 47.9. The summed E-state index contributed by atoms with van der Waals surface area (Å²) in [6, 6.07) is -0.864. The van der Waals surface area contributed by atoms with Gasteiger partial charge in [-0.15, -0.1) is 0 Å². The van der Waals surface area contributed by atoms with E-state index in [0.29, 0.717) is 17.4 Å². The quantitative estimate of drug-likeness (QED) is 0.0243. The Balaban J connectivity index is 4.01. The van der Waals surface area contributed by atoms with Crippen LogP contribution in [0.25, 0.3) is 0 Å². The van der Waals surface area contributed by atoms with Crippen LogP contribution in [0.15, 0.2) is 72.9 Å². The number of likely N-dealkylation sites (N-methyl/N-ethyl adjacent to an activating group) is 1. The third kappa shape index (κ3) is 55.7. The fourth-order valence-corrected chi connectivity index (χ4v) is 9.43. The molecular weight excluding hydrogens is 912 g/mol. The number of nitrogens with one attached hydrogen (secondary N) is 1. The van der Waals surface area contributed by atoms with Crippen molar-refractivity contribution in [1.29, 1.82) is 0 Å². The van der Waals surface area contributed by atoms with E-state index >= 15 is 0 Å². The highest BCUT2D eigenvalue weighted by molar-refractivity contribution is 7.47. The number of phosphoric ester groups is 1. The molecule has 0 spiro atoms. The fourth-order valence-electron chi connectivity index (χ4n) is 8.70. The van der Waals surface area contributed by atoms with Crippen molar-refractivity contribution in [2.24, 2.45) is 0 Å². The largest absolute Gasteiger partial charge is 0.472 e. The van der Waals surface area contributed by atoms with Crippen LogP contribution in [0.2, 0.25) is 0 Å². The fraction of sp³-hybridized carbons (Fsp3) is 0.794. The molecule has 0 aromatic carbocycles. The highest BCUT2D eigenvalue weighted by atomic mass is 31.2. The number of amides is 1. The van der Waals surface area contributed by atoms with Gasteiger partial charge in [-0.05, 0) is 70.6 Å². The van der Waals surface area contributed by atoms with Crippen LogP contribution in [0, 0.1) is 0 Å². The van der Waals surface area contributed by atoms with Crippen LogP contribution in [0.3, 0.4) is 0 Å². The molecule has 72 heavy (non-hydrogen) atoms. The van der Waals surface area contributed by atoms with Crippen molar-refractivity contribution in [3.05, 3.63) is 72.9 Å². The molecule has 0 heterocycles. The van der Waals surface area contributed by atoms with Gasteiger partial charge >= 0.3 is 7.82 Å². The van der Waals surface area contributed by atoms with Gasteiger partial charge in [-0.3, -0.25) is 13.8 Å². The number of quaternary nitrogens is 1. The number of carbonyl (C=O) groups excluding carboxylic acids is 1. The minimum Gasteiger partial charge on any atom is -0.387 e. The van der Waals surface area contributed by atoms with Crippen molar-refractivity contribution in [2.75, 3.05) is 40.9 Å². The third-order valence-corrected chi connectivity index (χ3v) is 14.4. The summed E-state index contributed by atoms with van der Waals surface area (Å²) in [6.07, 6.45) is 74.6. The number of hydrogen-bond acceptors (Lipinski definition) is 5. The van der Waals surface area contributed by atoms with Gasteiger partial charge in [0, 0.05) is 6.42 Å². The van der Waals surface area contributed by atoms with Gasteiger partial charge in [0.2, 0.25) is 5.91 Å². The lowest BCUT2D eigenvalue weighted by molar-refractivity contribution is -0.870. The van der Waals surface area contributed by atoms with Crippen molar-refractivity contribution < 1.29 is 32.9 Å². The van der Waals surface area contributed by atoms with Crippen LogP contribution in [0.4, 0.5) is 0 Å². The molecule has 0 fully saturated rings. The maximum Gasteiger partial charge on any atom is 0.472 e. The summed E-state index contributed by atoms with van der Waals surface area (Å²) in [7, 11) is 1.56. The van der Waals surface area contributed by atoms with Gasteiger partial charge in [0.15, 0.2) is 0 Å². The first-order valence-electron chi connectivity index (χ1n) is 30.3. The number of phosphoric acid groups is 1. The second-order valence-corrected chi connectivity index (χ2v) is 23.1. The Hall–Kier alpha value is -2.06. The Morgan fingerprint density at radius 1 is 0.486 bits per heavy atom. The number of allylic oxidation sites excluding steroid dienone is 11. The van der Waals surface area contributed by atoms with Gasteiger partial charge in [0.05, 0.1) is 39.9 Å². The summed E-state index contributed by atoms with van der Waals surface area (Å²) in [6.45, 7) is 4.69. The number of hydrogen-bond donors (Lipinski definition) is 3. The number of carbonyl (C=O) groups is 1. The Labute approximate surface area is 446 Å². The summed E-state index contributed by atoms with van der Waals surface area (Å²) in [4.78, 5) is 23.3. The molecule has 1 amide bonds.